The Morgan fingerprint density at radius 3 is 2.70 bits per heavy atom. The maximum atomic E-state index is 13.7. The lowest BCUT2D eigenvalue weighted by atomic mass is 10.2. The summed E-state index contributed by atoms with van der Waals surface area (Å²) in [7, 11) is 0. The summed E-state index contributed by atoms with van der Waals surface area (Å²) in [6.07, 6.45) is 0. The second-order valence-corrected chi connectivity index (χ2v) is 6.04. The van der Waals surface area contributed by atoms with Crippen molar-refractivity contribution in [3.05, 3.63) is 45.7 Å². The van der Waals surface area contributed by atoms with Gasteiger partial charge in [-0.25, -0.2) is 13.8 Å². The summed E-state index contributed by atoms with van der Waals surface area (Å²) in [5, 5.41) is 0. The van der Waals surface area contributed by atoms with E-state index in [-0.39, 0.29) is 17.5 Å². The Balaban J connectivity index is 2.23. The highest BCUT2D eigenvalue weighted by atomic mass is 32.1. The molecule has 0 aliphatic heterocycles. The minimum Gasteiger partial charge on any atom is -0.369 e. The molecule has 3 nitrogen and oxygen atoms in total. The number of imidazole rings is 1. The maximum Gasteiger partial charge on any atom is 0.201 e. The molecule has 0 aliphatic carbocycles. The number of nitrogen functional groups attached to an aromatic ring is 1. The van der Waals surface area contributed by atoms with Crippen LogP contribution in [-0.4, -0.2) is 9.55 Å². The van der Waals surface area contributed by atoms with Gasteiger partial charge in [0, 0.05) is 21.9 Å². The molecule has 0 saturated carbocycles. The fraction of sp³-hybridized carbons (Fsp3) is 0.214. The van der Waals surface area contributed by atoms with Crippen molar-refractivity contribution in [1.29, 1.82) is 0 Å². The van der Waals surface area contributed by atoms with Gasteiger partial charge in [-0.15, -0.1) is 11.3 Å². The molecule has 1 unspecified atom stereocenters. The number of halogens is 2. The van der Waals surface area contributed by atoms with Gasteiger partial charge in [0.2, 0.25) is 5.95 Å². The SMILES string of the molecule is Cc1ccc(C(C)n2c(N)nc3c(F)cc(F)cc32)s1. The largest absolute Gasteiger partial charge is 0.369 e. The Morgan fingerprint density at radius 2 is 2.05 bits per heavy atom. The number of anilines is 1. The minimum absolute atomic E-state index is 0.101. The molecule has 1 atom stereocenters. The zero-order chi connectivity index (χ0) is 14.4. The number of fused-ring (bicyclic) bond motifs is 1. The average Bonchev–Trinajstić information content (AvgIpc) is 2.92. The predicted molar refractivity (Wildman–Crippen MR) is 76.9 cm³/mol. The molecular formula is C14H13F2N3S. The lowest BCUT2D eigenvalue weighted by Gasteiger charge is -2.14. The average molecular weight is 293 g/mol. The first-order valence-electron chi connectivity index (χ1n) is 6.16. The van der Waals surface area contributed by atoms with Gasteiger partial charge in [0.25, 0.3) is 0 Å². The van der Waals surface area contributed by atoms with Gasteiger partial charge in [-0.05, 0) is 26.0 Å². The van der Waals surface area contributed by atoms with Crippen molar-refractivity contribution in [1.82, 2.24) is 9.55 Å². The third-order valence-electron chi connectivity index (χ3n) is 3.30. The molecule has 0 radical (unpaired) electrons. The van der Waals surface area contributed by atoms with Gasteiger partial charge >= 0.3 is 0 Å². The molecule has 2 N–H and O–H groups in total. The number of hydrogen-bond acceptors (Lipinski definition) is 3. The molecule has 2 aromatic heterocycles. The van der Waals surface area contributed by atoms with Crippen molar-refractivity contribution in [2.24, 2.45) is 0 Å². The zero-order valence-corrected chi connectivity index (χ0v) is 11.8. The van der Waals surface area contributed by atoms with Crippen LogP contribution in [0.25, 0.3) is 11.0 Å². The number of aromatic nitrogens is 2. The molecule has 2 heterocycles. The summed E-state index contributed by atoms with van der Waals surface area (Å²) in [6.45, 7) is 3.95. The molecule has 0 spiro atoms. The van der Waals surface area contributed by atoms with E-state index in [9.17, 15) is 8.78 Å². The normalized spacial score (nSPS) is 13.0. The fourth-order valence-electron chi connectivity index (χ4n) is 2.35. The van der Waals surface area contributed by atoms with E-state index in [1.165, 1.54) is 10.9 Å². The van der Waals surface area contributed by atoms with Crippen molar-refractivity contribution in [3.8, 4) is 0 Å². The number of nitrogens with two attached hydrogens (primary N) is 1. The molecule has 104 valence electrons. The molecule has 0 amide bonds. The summed E-state index contributed by atoms with van der Waals surface area (Å²) in [6, 6.07) is 5.95. The molecule has 3 aromatic rings. The van der Waals surface area contributed by atoms with Crippen LogP contribution in [0.3, 0.4) is 0 Å². The number of rotatable bonds is 2. The van der Waals surface area contributed by atoms with Crippen LogP contribution >= 0.6 is 11.3 Å². The highest BCUT2D eigenvalue weighted by Gasteiger charge is 2.19. The summed E-state index contributed by atoms with van der Waals surface area (Å²) in [4.78, 5) is 6.25. The lowest BCUT2D eigenvalue weighted by Crippen LogP contribution is -2.09. The van der Waals surface area contributed by atoms with Crippen LogP contribution < -0.4 is 5.73 Å². The number of nitrogens with zero attached hydrogens (tertiary/aromatic N) is 2. The Morgan fingerprint density at radius 1 is 1.30 bits per heavy atom. The van der Waals surface area contributed by atoms with Crippen molar-refractivity contribution in [2.75, 3.05) is 5.73 Å². The van der Waals surface area contributed by atoms with Crippen LogP contribution in [0.15, 0.2) is 24.3 Å². The number of hydrogen-bond donors (Lipinski definition) is 1. The van der Waals surface area contributed by atoms with E-state index in [0.29, 0.717) is 5.52 Å². The topological polar surface area (TPSA) is 43.8 Å². The minimum atomic E-state index is -0.694. The Hall–Kier alpha value is -1.95. The van der Waals surface area contributed by atoms with Gasteiger partial charge < -0.3 is 10.3 Å². The third kappa shape index (κ3) is 1.96. The number of benzene rings is 1. The highest BCUT2D eigenvalue weighted by Crippen LogP contribution is 2.32. The van der Waals surface area contributed by atoms with Crippen LogP contribution in [-0.2, 0) is 0 Å². The molecule has 0 bridgehead atoms. The molecule has 0 fully saturated rings. The van der Waals surface area contributed by atoms with Crippen molar-refractivity contribution >= 4 is 28.3 Å². The molecule has 6 heteroatoms. The van der Waals surface area contributed by atoms with Gasteiger partial charge in [-0.2, -0.15) is 0 Å². The van der Waals surface area contributed by atoms with Crippen LogP contribution in [0.2, 0.25) is 0 Å². The third-order valence-corrected chi connectivity index (χ3v) is 4.47. The van der Waals surface area contributed by atoms with Gasteiger partial charge in [0.1, 0.15) is 11.3 Å². The summed E-state index contributed by atoms with van der Waals surface area (Å²) >= 11 is 1.63. The van der Waals surface area contributed by atoms with Crippen molar-refractivity contribution in [2.45, 2.75) is 19.9 Å². The smallest absolute Gasteiger partial charge is 0.201 e. The summed E-state index contributed by atoms with van der Waals surface area (Å²) in [5.74, 6) is -1.14. The van der Waals surface area contributed by atoms with E-state index in [1.54, 1.807) is 15.9 Å². The molecular weight excluding hydrogens is 280 g/mol. The van der Waals surface area contributed by atoms with Gasteiger partial charge in [0.15, 0.2) is 5.82 Å². The van der Waals surface area contributed by atoms with E-state index < -0.39 is 11.6 Å². The van der Waals surface area contributed by atoms with E-state index in [0.717, 1.165) is 10.9 Å². The Bertz CT molecular complexity index is 791. The number of aryl methyl sites for hydroxylation is 1. The molecule has 0 aliphatic rings. The quantitative estimate of drug-likeness (QED) is 0.779. The van der Waals surface area contributed by atoms with Crippen molar-refractivity contribution in [3.63, 3.8) is 0 Å². The first-order valence-corrected chi connectivity index (χ1v) is 6.98. The highest BCUT2D eigenvalue weighted by molar-refractivity contribution is 7.12. The summed E-state index contributed by atoms with van der Waals surface area (Å²) < 4.78 is 28.8. The van der Waals surface area contributed by atoms with Gasteiger partial charge in [-0.1, -0.05) is 0 Å². The Kier molecular flexibility index (Phi) is 2.97. The molecule has 20 heavy (non-hydrogen) atoms. The molecule has 1 aromatic carbocycles. The van der Waals surface area contributed by atoms with Crippen LogP contribution in [0.4, 0.5) is 14.7 Å². The zero-order valence-electron chi connectivity index (χ0n) is 11.0. The molecule has 3 rings (SSSR count). The van der Waals surface area contributed by atoms with Gasteiger partial charge in [-0.3, -0.25) is 0 Å². The predicted octanol–water partition coefficient (Wildman–Crippen LogP) is 3.88. The van der Waals surface area contributed by atoms with E-state index in [2.05, 4.69) is 4.98 Å². The van der Waals surface area contributed by atoms with E-state index >= 15 is 0 Å². The maximum absolute atomic E-state index is 13.7. The standard InChI is InChI=1S/C14H13F2N3S/c1-7-3-4-12(20-7)8(2)19-11-6-9(15)5-10(16)13(11)18-14(19)17/h3-6,8H,1-2H3,(H2,17,18). The monoisotopic (exact) mass is 293 g/mol. The first kappa shape index (κ1) is 13.1. The Labute approximate surface area is 118 Å². The van der Waals surface area contributed by atoms with E-state index in [1.807, 2.05) is 26.0 Å². The summed E-state index contributed by atoms with van der Waals surface area (Å²) in [5.41, 5.74) is 6.36. The fourth-order valence-corrected chi connectivity index (χ4v) is 3.27. The number of thiophene rings is 1. The second-order valence-electron chi connectivity index (χ2n) is 4.72. The van der Waals surface area contributed by atoms with Crippen molar-refractivity contribution < 1.29 is 8.78 Å². The molecule has 0 saturated heterocycles. The van der Waals surface area contributed by atoms with Crippen LogP contribution in [0, 0.1) is 18.6 Å². The van der Waals surface area contributed by atoms with E-state index in [4.69, 9.17) is 5.73 Å². The second kappa shape index (κ2) is 4.56. The van der Waals surface area contributed by atoms with Gasteiger partial charge in [0.05, 0.1) is 11.6 Å². The lowest BCUT2D eigenvalue weighted by molar-refractivity contribution is 0.589. The first-order chi connectivity index (χ1) is 9.47. The van der Waals surface area contributed by atoms with Crippen LogP contribution in [0.5, 0.6) is 0 Å². The van der Waals surface area contributed by atoms with Crippen LogP contribution in [0.1, 0.15) is 22.7 Å².